The van der Waals surface area contributed by atoms with Crippen LogP contribution in [0.25, 0.3) is 11.1 Å². The topological polar surface area (TPSA) is 58.6 Å². The van der Waals surface area contributed by atoms with Crippen molar-refractivity contribution in [1.29, 1.82) is 0 Å². The van der Waals surface area contributed by atoms with E-state index in [0.29, 0.717) is 32.0 Å². The number of nitrogens with one attached hydrogen (secondary N) is 1. The van der Waals surface area contributed by atoms with Gasteiger partial charge in [0, 0.05) is 31.1 Å². The summed E-state index contributed by atoms with van der Waals surface area (Å²) < 4.78 is 5.55. The van der Waals surface area contributed by atoms with Gasteiger partial charge in [-0.2, -0.15) is 0 Å². The molecule has 0 bridgehead atoms. The second kappa shape index (κ2) is 8.27. The molecule has 4 rings (SSSR count). The number of para-hydroxylation sites is 1. The predicted molar refractivity (Wildman–Crippen MR) is 112 cm³/mol. The molecule has 1 N–H and O–H groups in total. The molecule has 0 spiro atoms. The SMILES string of the molecule is COc1ccccc1-c1ccccc1C[C@@H]1CN(C(=O)[C@@H]2C[C@H]2C)CCNC1=O. The maximum absolute atomic E-state index is 12.8. The lowest BCUT2D eigenvalue weighted by molar-refractivity contribution is -0.133. The van der Waals surface area contributed by atoms with E-state index < -0.39 is 0 Å². The van der Waals surface area contributed by atoms with E-state index >= 15 is 0 Å². The van der Waals surface area contributed by atoms with Gasteiger partial charge in [-0.15, -0.1) is 0 Å². The summed E-state index contributed by atoms with van der Waals surface area (Å²) in [5.74, 6) is 1.40. The Bertz CT molecular complexity index is 911. The van der Waals surface area contributed by atoms with E-state index in [1.807, 2.05) is 41.3 Å². The molecule has 1 saturated carbocycles. The highest BCUT2D eigenvalue weighted by molar-refractivity contribution is 5.85. The molecule has 1 aliphatic carbocycles. The summed E-state index contributed by atoms with van der Waals surface area (Å²) in [6.45, 7) is 3.72. The number of nitrogens with zero attached hydrogens (tertiary/aromatic N) is 1. The fourth-order valence-electron chi connectivity index (χ4n) is 4.25. The lowest BCUT2D eigenvalue weighted by atomic mass is 9.91. The summed E-state index contributed by atoms with van der Waals surface area (Å²) >= 11 is 0. The van der Waals surface area contributed by atoms with Gasteiger partial charge < -0.3 is 15.0 Å². The van der Waals surface area contributed by atoms with Crippen LogP contribution in [-0.4, -0.2) is 43.5 Å². The summed E-state index contributed by atoms with van der Waals surface area (Å²) in [6.07, 6.45) is 1.56. The molecule has 3 atom stereocenters. The quantitative estimate of drug-likeness (QED) is 0.851. The van der Waals surface area contributed by atoms with Crippen LogP contribution >= 0.6 is 0 Å². The molecular weight excluding hydrogens is 364 g/mol. The number of hydrogen-bond donors (Lipinski definition) is 1. The van der Waals surface area contributed by atoms with Gasteiger partial charge in [-0.05, 0) is 36.0 Å². The minimum absolute atomic E-state index is 0.0268. The Morgan fingerprint density at radius 3 is 2.55 bits per heavy atom. The monoisotopic (exact) mass is 392 g/mol. The Kier molecular flexibility index (Phi) is 5.56. The average molecular weight is 392 g/mol. The van der Waals surface area contributed by atoms with E-state index in [9.17, 15) is 9.59 Å². The summed E-state index contributed by atoms with van der Waals surface area (Å²) in [5.41, 5.74) is 3.17. The van der Waals surface area contributed by atoms with Crippen LogP contribution in [0.5, 0.6) is 5.75 Å². The van der Waals surface area contributed by atoms with Gasteiger partial charge in [0.25, 0.3) is 0 Å². The van der Waals surface area contributed by atoms with Gasteiger partial charge >= 0.3 is 0 Å². The number of carbonyl (C=O) groups is 2. The van der Waals surface area contributed by atoms with Crippen molar-refractivity contribution in [2.24, 2.45) is 17.8 Å². The first-order valence-corrected chi connectivity index (χ1v) is 10.4. The Labute approximate surface area is 172 Å². The standard InChI is InChI=1S/C24H28N2O3/c1-16-13-21(16)24(28)26-12-11-25-23(27)18(15-26)14-17-7-3-4-8-19(17)20-9-5-6-10-22(20)29-2/h3-10,16,18,21H,11-15H2,1-2H3,(H,25,27)/t16-,18-,21-/m1/s1. The molecule has 2 aromatic carbocycles. The van der Waals surface area contributed by atoms with Gasteiger partial charge in [0.2, 0.25) is 11.8 Å². The average Bonchev–Trinajstić information content (AvgIpc) is 3.51. The summed E-state index contributed by atoms with van der Waals surface area (Å²) in [4.78, 5) is 27.4. The minimum atomic E-state index is -0.258. The van der Waals surface area contributed by atoms with Crippen LogP contribution in [0.1, 0.15) is 18.9 Å². The molecule has 0 unspecified atom stereocenters. The van der Waals surface area contributed by atoms with Crippen molar-refractivity contribution in [3.05, 3.63) is 54.1 Å². The molecule has 5 heteroatoms. The minimum Gasteiger partial charge on any atom is -0.496 e. The molecule has 2 aliphatic rings. The third kappa shape index (κ3) is 4.14. The van der Waals surface area contributed by atoms with Crippen molar-refractivity contribution in [3.63, 3.8) is 0 Å². The van der Waals surface area contributed by atoms with Crippen molar-refractivity contribution in [2.75, 3.05) is 26.7 Å². The Balaban J connectivity index is 1.59. The zero-order valence-corrected chi connectivity index (χ0v) is 17.1. The molecule has 1 heterocycles. The predicted octanol–water partition coefficient (Wildman–Crippen LogP) is 3.14. The van der Waals surface area contributed by atoms with Crippen molar-refractivity contribution in [3.8, 4) is 16.9 Å². The number of rotatable bonds is 5. The fourth-order valence-corrected chi connectivity index (χ4v) is 4.25. The normalized spacial score (nSPS) is 23.9. The van der Waals surface area contributed by atoms with Crippen LogP contribution < -0.4 is 10.1 Å². The highest BCUT2D eigenvalue weighted by Gasteiger charge is 2.42. The molecule has 2 fully saturated rings. The van der Waals surface area contributed by atoms with Gasteiger partial charge in [0.15, 0.2) is 0 Å². The smallest absolute Gasteiger partial charge is 0.226 e. The zero-order valence-electron chi connectivity index (χ0n) is 17.1. The van der Waals surface area contributed by atoms with Crippen LogP contribution in [0.3, 0.4) is 0 Å². The summed E-state index contributed by atoms with van der Waals surface area (Å²) in [7, 11) is 1.67. The van der Waals surface area contributed by atoms with Crippen LogP contribution in [0, 0.1) is 17.8 Å². The van der Waals surface area contributed by atoms with Crippen molar-refractivity contribution in [1.82, 2.24) is 10.2 Å². The highest BCUT2D eigenvalue weighted by atomic mass is 16.5. The molecule has 1 saturated heterocycles. The van der Waals surface area contributed by atoms with E-state index in [4.69, 9.17) is 4.74 Å². The van der Waals surface area contributed by atoms with E-state index in [1.165, 1.54) is 0 Å². The molecule has 0 aromatic heterocycles. The zero-order chi connectivity index (χ0) is 20.4. The Hall–Kier alpha value is -2.82. The van der Waals surface area contributed by atoms with Crippen molar-refractivity contribution < 1.29 is 14.3 Å². The van der Waals surface area contributed by atoms with Gasteiger partial charge in [0.05, 0.1) is 13.0 Å². The van der Waals surface area contributed by atoms with Crippen molar-refractivity contribution >= 4 is 11.8 Å². The number of ether oxygens (including phenoxy) is 1. The highest BCUT2D eigenvalue weighted by Crippen LogP contribution is 2.39. The van der Waals surface area contributed by atoms with Gasteiger partial charge in [-0.25, -0.2) is 0 Å². The molecular formula is C24H28N2O3. The Morgan fingerprint density at radius 2 is 1.83 bits per heavy atom. The van der Waals surface area contributed by atoms with E-state index in [2.05, 4.69) is 24.4 Å². The first-order valence-electron chi connectivity index (χ1n) is 10.4. The molecule has 2 aromatic rings. The molecule has 0 radical (unpaired) electrons. The molecule has 2 amide bonds. The number of methoxy groups -OCH3 is 1. The van der Waals surface area contributed by atoms with E-state index in [1.54, 1.807) is 7.11 Å². The molecule has 1 aliphatic heterocycles. The van der Waals surface area contributed by atoms with Gasteiger partial charge in [-0.1, -0.05) is 49.4 Å². The molecule has 5 nitrogen and oxygen atoms in total. The lowest BCUT2D eigenvalue weighted by Gasteiger charge is -2.24. The van der Waals surface area contributed by atoms with E-state index in [-0.39, 0.29) is 23.7 Å². The third-order valence-electron chi connectivity index (χ3n) is 6.11. The second-order valence-corrected chi connectivity index (χ2v) is 8.15. The number of amides is 2. The lowest BCUT2D eigenvalue weighted by Crippen LogP contribution is -2.38. The second-order valence-electron chi connectivity index (χ2n) is 8.15. The van der Waals surface area contributed by atoms with Crippen LogP contribution in [0.2, 0.25) is 0 Å². The summed E-state index contributed by atoms with van der Waals surface area (Å²) in [5, 5.41) is 2.99. The van der Waals surface area contributed by atoms with E-state index in [0.717, 1.165) is 28.9 Å². The number of benzene rings is 2. The third-order valence-corrected chi connectivity index (χ3v) is 6.11. The van der Waals surface area contributed by atoms with Gasteiger partial charge in [0.1, 0.15) is 5.75 Å². The van der Waals surface area contributed by atoms with Crippen LogP contribution in [-0.2, 0) is 16.0 Å². The largest absolute Gasteiger partial charge is 0.496 e. The maximum atomic E-state index is 12.8. The maximum Gasteiger partial charge on any atom is 0.226 e. The Morgan fingerprint density at radius 1 is 1.14 bits per heavy atom. The fraction of sp³-hybridized carbons (Fsp3) is 0.417. The number of carbonyl (C=O) groups excluding carboxylic acids is 2. The van der Waals surface area contributed by atoms with Crippen LogP contribution in [0.4, 0.5) is 0 Å². The van der Waals surface area contributed by atoms with Crippen molar-refractivity contribution in [2.45, 2.75) is 19.8 Å². The molecule has 29 heavy (non-hydrogen) atoms. The van der Waals surface area contributed by atoms with Crippen LogP contribution in [0.15, 0.2) is 48.5 Å². The summed E-state index contributed by atoms with van der Waals surface area (Å²) in [6, 6.07) is 16.1. The van der Waals surface area contributed by atoms with Gasteiger partial charge in [-0.3, -0.25) is 9.59 Å². The first-order chi connectivity index (χ1) is 14.1. The molecule has 152 valence electrons. The first kappa shape index (κ1) is 19.5. The number of hydrogen-bond acceptors (Lipinski definition) is 3.